The van der Waals surface area contributed by atoms with Gasteiger partial charge < -0.3 is 20.9 Å². The zero-order chi connectivity index (χ0) is 23.8. The smallest absolute Gasteiger partial charge is 0.275 e. The number of ether oxygens (including phenoxy) is 1. The Kier molecular flexibility index (Phi) is 6.61. The van der Waals surface area contributed by atoms with Gasteiger partial charge in [0.25, 0.3) is 5.91 Å². The zero-order valence-electron chi connectivity index (χ0n) is 18.7. The maximum absolute atomic E-state index is 13.9. The van der Waals surface area contributed by atoms with Crippen molar-refractivity contribution in [2.24, 2.45) is 12.8 Å². The van der Waals surface area contributed by atoms with Crippen molar-refractivity contribution < 1.29 is 19.0 Å². The van der Waals surface area contributed by atoms with E-state index in [9.17, 15) is 14.3 Å². The van der Waals surface area contributed by atoms with E-state index in [-0.39, 0.29) is 18.2 Å². The molecule has 1 saturated heterocycles. The molecule has 4 rings (SSSR count). The third-order valence-electron chi connectivity index (χ3n) is 5.39. The molecule has 4 N–H and O–H groups in total. The summed E-state index contributed by atoms with van der Waals surface area (Å²) in [6.45, 7) is 3.66. The molecule has 1 aliphatic heterocycles. The highest BCUT2D eigenvalue weighted by Crippen LogP contribution is 2.33. The highest BCUT2D eigenvalue weighted by atomic mass is 32.1. The minimum atomic E-state index is -1.22. The summed E-state index contributed by atoms with van der Waals surface area (Å²) >= 11 is 1.32. The Morgan fingerprint density at radius 3 is 2.94 bits per heavy atom. The second-order valence-corrected chi connectivity index (χ2v) is 9.74. The number of nitrogens with two attached hydrogens (primary N) is 1. The third kappa shape index (κ3) is 5.46. The van der Waals surface area contributed by atoms with E-state index >= 15 is 0 Å². The minimum Gasteiger partial charge on any atom is -0.389 e. The molecule has 3 aromatic rings. The molecule has 12 heteroatoms. The monoisotopic (exact) mass is 477 g/mol. The van der Waals surface area contributed by atoms with Crippen LogP contribution in [0, 0.1) is 0 Å². The lowest BCUT2D eigenvalue weighted by molar-refractivity contribution is 0.0247. The number of hydrogen-bond acceptors (Lipinski definition) is 8. The topological polar surface area (TPSA) is 133 Å². The van der Waals surface area contributed by atoms with Crippen LogP contribution in [0.5, 0.6) is 0 Å². The molecule has 1 amide bonds. The molecule has 0 radical (unpaired) electrons. The second kappa shape index (κ2) is 9.29. The fourth-order valence-electron chi connectivity index (χ4n) is 3.73. The van der Waals surface area contributed by atoms with Crippen molar-refractivity contribution in [2.75, 3.05) is 11.9 Å². The first-order chi connectivity index (χ1) is 15.6. The van der Waals surface area contributed by atoms with Gasteiger partial charge in [-0.05, 0) is 26.7 Å². The van der Waals surface area contributed by atoms with Crippen LogP contribution in [-0.4, -0.2) is 60.0 Å². The van der Waals surface area contributed by atoms with Crippen LogP contribution in [0.3, 0.4) is 0 Å². The molecule has 0 saturated carbocycles. The number of hydrogen-bond donors (Lipinski definition) is 3. The Morgan fingerprint density at radius 1 is 1.39 bits per heavy atom. The lowest BCUT2D eigenvalue weighted by Gasteiger charge is -2.17. The van der Waals surface area contributed by atoms with Crippen LogP contribution in [0.25, 0.3) is 10.6 Å². The van der Waals surface area contributed by atoms with Crippen LogP contribution in [0.4, 0.5) is 10.1 Å². The number of alkyl halides is 1. The summed E-state index contributed by atoms with van der Waals surface area (Å²) in [5.41, 5.74) is 7.11. The molecule has 3 unspecified atom stereocenters. The molecular formula is C21H28FN7O3S. The number of aliphatic hydroxyl groups is 1. The first-order valence-corrected chi connectivity index (χ1v) is 11.5. The molecule has 0 aromatic carbocycles. The van der Waals surface area contributed by atoms with Gasteiger partial charge in [-0.15, -0.1) is 11.3 Å². The Bertz CT molecular complexity index is 1110. The fourth-order valence-corrected chi connectivity index (χ4v) is 4.51. The first-order valence-electron chi connectivity index (χ1n) is 10.7. The van der Waals surface area contributed by atoms with Gasteiger partial charge in [0.2, 0.25) is 0 Å². The third-order valence-corrected chi connectivity index (χ3v) is 6.28. The molecular weight excluding hydrogens is 449 g/mol. The van der Waals surface area contributed by atoms with Crippen molar-refractivity contribution in [2.45, 2.75) is 57.2 Å². The number of nitrogens with zero attached hydrogens (tertiary/aromatic N) is 5. The number of amides is 1. The number of carbonyl (C=O) groups excluding carboxylic acids is 1. The Hall–Kier alpha value is -2.67. The van der Waals surface area contributed by atoms with E-state index < -0.39 is 23.9 Å². The lowest BCUT2D eigenvalue weighted by atomic mass is 10.0. The van der Waals surface area contributed by atoms with Gasteiger partial charge >= 0.3 is 0 Å². The average Bonchev–Trinajstić information content (AvgIpc) is 3.45. The molecule has 10 nitrogen and oxygen atoms in total. The minimum absolute atomic E-state index is 0.0962. The normalized spacial score (nSPS) is 21.7. The molecule has 1 aliphatic rings. The van der Waals surface area contributed by atoms with Crippen molar-refractivity contribution in [1.82, 2.24) is 24.5 Å². The molecule has 3 aromatic heterocycles. The molecule has 33 heavy (non-hydrogen) atoms. The molecule has 0 spiro atoms. The molecule has 1 fully saturated rings. The summed E-state index contributed by atoms with van der Waals surface area (Å²) in [5.74, 6) is -0.385. The largest absolute Gasteiger partial charge is 0.389 e. The quantitative estimate of drug-likeness (QED) is 0.496. The molecule has 0 bridgehead atoms. The van der Waals surface area contributed by atoms with Gasteiger partial charge in [-0.25, -0.2) is 9.37 Å². The predicted molar refractivity (Wildman–Crippen MR) is 122 cm³/mol. The second-order valence-electron chi connectivity index (χ2n) is 8.88. The highest BCUT2D eigenvalue weighted by Gasteiger charge is 2.30. The number of anilines is 1. The number of nitrogens with one attached hydrogen (secondary N) is 1. The van der Waals surface area contributed by atoms with Crippen LogP contribution < -0.4 is 11.1 Å². The van der Waals surface area contributed by atoms with Crippen molar-refractivity contribution >= 4 is 22.9 Å². The van der Waals surface area contributed by atoms with E-state index in [1.165, 1.54) is 11.3 Å². The van der Waals surface area contributed by atoms with Gasteiger partial charge in [0.1, 0.15) is 23.0 Å². The van der Waals surface area contributed by atoms with Crippen molar-refractivity contribution in [3.05, 3.63) is 35.4 Å². The molecule has 4 heterocycles. The number of aromatic nitrogens is 5. The maximum Gasteiger partial charge on any atom is 0.275 e. The van der Waals surface area contributed by atoms with Crippen molar-refractivity contribution in [3.63, 3.8) is 0 Å². The number of carbonyl (C=O) groups is 1. The van der Waals surface area contributed by atoms with Crippen LogP contribution in [0.15, 0.2) is 24.0 Å². The zero-order valence-corrected chi connectivity index (χ0v) is 19.5. The molecule has 178 valence electrons. The van der Waals surface area contributed by atoms with Crippen molar-refractivity contribution in [1.29, 1.82) is 0 Å². The summed E-state index contributed by atoms with van der Waals surface area (Å²) in [5, 5.41) is 23.6. The number of thiazole rings is 1. The Balaban J connectivity index is 1.48. The van der Waals surface area contributed by atoms with E-state index in [4.69, 9.17) is 10.5 Å². The van der Waals surface area contributed by atoms with Gasteiger partial charge in [-0.1, -0.05) is 0 Å². The summed E-state index contributed by atoms with van der Waals surface area (Å²) in [6.07, 6.45) is 4.33. The van der Waals surface area contributed by atoms with Crippen LogP contribution >= 0.6 is 11.3 Å². The summed E-state index contributed by atoms with van der Waals surface area (Å²) in [7, 11) is 1.75. The first kappa shape index (κ1) is 23.5. The number of aryl methyl sites for hydroxylation is 1. The van der Waals surface area contributed by atoms with Gasteiger partial charge in [-0.3, -0.25) is 14.2 Å². The van der Waals surface area contributed by atoms with E-state index in [0.717, 1.165) is 5.56 Å². The highest BCUT2D eigenvalue weighted by molar-refractivity contribution is 7.13. The fraction of sp³-hybridized carbons (Fsp3) is 0.524. The van der Waals surface area contributed by atoms with E-state index in [1.807, 2.05) is 0 Å². The van der Waals surface area contributed by atoms with Gasteiger partial charge in [-0.2, -0.15) is 10.2 Å². The number of rotatable bonds is 6. The average molecular weight is 478 g/mol. The van der Waals surface area contributed by atoms with E-state index in [2.05, 4.69) is 20.5 Å². The summed E-state index contributed by atoms with van der Waals surface area (Å²) < 4.78 is 22.9. The predicted octanol–water partition coefficient (Wildman–Crippen LogP) is 2.28. The SMILES string of the molecule is Cn1ncc(NC(=O)c2csc(-c3cnn(CC(C)(C)O)c3)n2)c1C1CCC(N)C(F)CO1. The van der Waals surface area contributed by atoms with Gasteiger partial charge in [0, 0.05) is 30.2 Å². The van der Waals surface area contributed by atoms with Crippen LogP contribution in [0.1, 0.15) is 49.0 Å². The summed E-state index contributed by atoms with van der Waals surface area (Å²) in [4.78, 5) is 17.3. The maximum atomic E-state index is 13.9. The van der Waals surface area contributed by atoms with Crippen molar-refractivity contribution in [3.8, 4) is 10.6 Å². The van der Waals surface area contributed by atoms with E-state index in [0.29, 0.717) is 35.8 Å². The Labute approximate surface area is 194 Å². The number of halogens is 1. The lowest BCUT2D eigenvalue weighted by Crippen LogP contribution is -2.32. The van der Waals surface area contributed by atoms with E-state index in [1.54, 1.807) is 54.2 Å². The molecule has 3 atom stereocenters. The van der Waals surface area contributed by atoms with Crippen LogP contribution in [0.2, 0.25) is 0 Å². The standard InChI is InChI=1S/C21H28FN7O3S/c1-21(2,31)11-29-8-12(6-25-29)20-27-16(10-33-20)19(30)26-15-7-24-28(3)18(15)17-5-4-14(23)13(22)9-32-17/h6-8,10,13-14,17,31H,4-5,9,11,23H2,1-3H3,(H,26,30). The summed E-state index contributed by atoms with van der Waals surface area (Å²) in [6, 6.07) is -0.567. The molecule has 0 aliphatic carbocycles. The van der Waals surface area contributed by atoms with Gasteiger partial charge in [0.05, 0.1) is 42.5 Å². The Morgan fingerprint density at radius 2 is 2.18 bits per heavy atom. The van der Waals surface area contributed by atoms with Crippen LogP contribution in [-0.2, 0) is 18.3 Å². The van der Waals surface area contributed by atoms with Gasteiger partial charge in [0.15, 0.2) is 0 Å².